The van der Waals surface area contributed by atoms with Gasteiger partial charge < -0.3 is 20.1 Å². The minimum atomic E-state index is -0.104. The quantitative estimate of drug-likeness (QED) is 0.689. The van der Waals surface area contributed by atoms with Gasteiger partial charge in [-0.15, -0.1) is 12.4 Å². The number of ether oxygens (including phenoxy) is 2. The number of carbonyl (C=O) groups excluding carboxylic acids is 1. The Hall–Kier alpha value is -0.820. The molecular weight excluding hydrogens is 408 g/mol. The molecule has 2 N–H and O–H groups in total. The van der Waals surface area contributed by atoms with Crippen LogP contribution >= 0.6 is 28.3 Å². The SMILES string of the molecule is COCC1(CNC(=O)c2ccc(Br)cc2OC(C)C)CCNCC1.Cl. The number of piperidine rings is 1. The van der Waals surface area contributed by atoms with Crippen LogP contribution in [0, 0.1) is 5.41 Å². The summed E-state index contributed by atoms with van der Waals surface area (Å²) in [6, 6.07) is 5.49. The van der Waals surface area contributed by atoms with Crippen LogP contribution in [0.25, 0.3) is 0 Å². The van der Waals surface area contributed by atoms with E-state index in [9.17, 15) is 4.79 Å². The summed E-state index contributed by atoms with van der Waals surface area (Å²) in [5.41, 5.74) is 0.567. The first kappa shape index (κ1) is 22.2. The lowest BCUT2D eigenvalue weighted by atomic mass is 9.79. The molecule has 0 saturated carbocycles. The Kier molecular flexibility index (Phi) is 9.21. The molecule has 1 saturated heterocycles. The highest BCUT2D eigenvalue weighted by atomic mass is 79.9. The normalized spacial score (nSPS) is 16.2. The van der Waals surface area contributed by atoms with Gasteiger partial charge in [-0.2, -0.15) is 0 Å². The fourth-order valence-electron chi connectivity index (χ4n) is 3.03. The number of halogens is 2. The fourth-order valence-corrected chi connectivity index (χ4v) is 3.37. The summed E-state index contributed by atoms with van der Waals surface area (Å²) < 4.78 is 12.1. The maximum atomic E-state index is 12.7. The molecule has 0 unspecified atom stereocenters. The molecule has 1 aliphatic rings. The van der Waals surface area contributed by atoms with E-state index in [1.54, 1.807) is 13.2 Å². The molecule has 0 spiro atoms. The van der Waals surface area contributed by atoms with Gasteiger partial charge in [-0.1, -0.05) is 15.9 Å². The van der Waals surface area contributed by atoms with E-state index in [2.05, 4.69) is 26.6 Å². The van der Waals surface area contributed by atoms with Crippen molar-refractivity contribution in [1.29, 1.82) is 0 Å². The molecule has 1 heterocycles. The molecule has 25 heavy (non-hydrogen) atoms. The first-order valence-corrected chi connectivity index (χ1v) is 9.19. The number of methoxy groups -OCH3 is 1. The van der Waals surface area contributed by atoms with E-state index in [4.69, 9.17) is 9.47 Å². The van der Waals surface area contributed by atoms with Crippen molar-refractivity contribution in [2.24, 2.45) is 5.41 Å². The van der Waals surface area contributed by atoms with Crippen LogP contribution in [0.3, 0.4) is 0 Å². The monoisotopic (exact) mass is 434 g/mol. The van der Waals surface area contributed by atoms with Crippen molar-refractivity contribution in [2.45, 2.75) is 32.8 Å². The van der Waals surface area contributed by atoms with Crippen LogP contribution in [0.5, 0.6) is 5.75 Å². The molecule has 1 aromatic rings. The smallest absolute Gasteiger partial charge is 0.255 e. The van der Waals surface area contributed by atoms with Gasteiger partial charge in [0.2, 0.25) is 0 Å². The lowest BCUT2D eigenvalue weighted by Gasteiger charge is -2.37. The van der Waals surface area contributed by atoms with E-state index in [0.29, 0.717) is 24.5 Å². The first-order chi connectivity index (χ1) is 11.5. The van der Waals surface area contributed by atoms with Crippen molar-refractivity contribution in [3.8, 4) is 5.75 Å². The van der Waals surface area contributed by atoms with E-state index in [1.165, 1.54) is 0 Å². The molecule has 1 aromatic carbocycles. The van der Waals surface area contributed by atoms with E-state index in [-0.39, 0.29) is 29.8 Å². The molecule has 7 heteroatoms. The lowest BCUT2D eigenvalue weighted by molar-refractivity contribution is 0.0511. The van der Waals surface area contributed by atoms with Crippen molar-refractivity contribution < 1.29 is 14.3 Å². The van der Waals surface area contributed by atoms with Crippen LogP contribution in [0.4, 0.5) is 0 Å². The van der Waals surface area contributed by atoms with Crippen molar-refractivity contribution >= 4 is 34.2 Å². The maximum Gasteiger partial charge on any atom is 0.255 e. The Morgan fingerprint density at radius 3 is 2.64 bits per heavy atom. The average Bonchev–Trinajstić information content (AvgIpc) is 2.53. The number of carbonyl (C=O) groups is 1. The largest absolute Gasteiger partial charge is 0.490 e. The zero-order valence-electron chi connectivity index (χ0n) is 15.1. The van der Waals surface area contributed by atoms with Crippen LogP contribution in [0.2, 0.25) is 0 Å². The van der Waals surface area contributed by atoms with Crippen molar-refractivity contribution in [2.75, 3.05) is 33.4 Å². The van der Waals surface area contributed by atoms with Crippen LogP contribution in [0.15, 0.2) is 22.7 Å². The highest BCUT2D eigenvalue weighted by Gasteiger charge is 2.32. The van der Waals surface area contributed by atoms with Crippen molar-refractivity contribution in [1.82, 2.24) is 10.6 Å². The lowest BCUT2D eigenvalue weighted by Crippen LogP contribution is -2.47. The summed E-state index contributed by atoms with van der Waals surface area (Å²) >= 11 is 3.43. The Balaban J connectivity index is 0.00000312. The topological polar surface area (TPSA) is 59.6 Å². The molecule has 0 atom stereocenters. The Morgan fingerprint density at radius 2 is 2.04 bits per heavy atom. The fraction of sp³-hybridized carbons (Fsp3) is 0.611. The van der Waals surface area contributed by atoms with Crippen molar-refractivity contribution in [3.05, 3.63) is 28.2 Å². The Morgan fingerprint density at radius 1 is 1.36 bits per heavy atom. The molecule has 142 valence electrons. The third kappa shape index (κ3) is 6.44. The Labute approximate surface area is 164 Å². The second-order valence-corrected chi connectivity index (χ2v) is 7.59. The average molecular weight is 436 g/mol. The summed E-state index contributed by atoms with van der Waals surface area (Å²) in [7, 11) is 1.72. The number of hydrogen-bond acceptors (Lipinski definition) is 4. The molecule has 0 aliphatic carbocycles. The number of rotatable bonds is 7. The number of hydrogen-bond donors (Lipinski definition) is 2. The summed E-state index contributed by atoms with van der Waals surface area (Å²) in [6.07, 6.45) is 2.00. The molecular formula is C18H28BrClN2O3. The van der Waals surface area contributed by atoms with Gasteiger partial charge in [-0.3, -0.25) is 4.79 Å². The molecule has 5 nitrogen and oxygen atoms in total. The van der Waals surface area contributed by atoms with Gasteiger partial charge in [0.1, 0.15) is 5.75 Å². The van der Waals surface area contributed by atoms with E-state index in [1.807, 2.05) is 26.0 Å². The molecule has 1 aliphatic heterocycles. The molecule has 0 aromatic heterocycles. The Bertz CT molecular complexity index is 558. The van der Waals surface area contributed by atoms with Gasteiger partial charge in [0.15, 0.2) is 0 Å². The predicted molar refractivity (Wildman–Crippen MR) is 106 cm³/mol. The van der Waals surface area contributed by atoms with E-state index < -0.39 is 0 Å². The van der Waals surface area contributed by atoms with Crippen molar-refractivity contribution in [3.63, 3.8) is 0 Å². The van der Waals surface area contributed by atoms with Crippen LogP contribution in [-0.2, 0) is 4.74 Å². The zero-order valence-corrected chi connectivity index (χ0v) is 17.5. The first-order valence-electron chi connectivity index (χ1n) is 8.40. The summed E-state index contributed by atoms with van der Waals surface area (Å²) in [5, 5.41) is 6.45. The second kappa shape index (κ2) is 10.4. The zero-order chi connectivity index (χ0) is 17.6. The molecule has 1 fully saturated rings. The third-order valence-electron chi connectivity index (χ3n) is 4.29. The third-order valence-corrected chi connectivity index (χ3v) is 4.78. The molecule has 2 rings (SSSR count). The van der Waals surface area contributed by atoms with E-state index in [0.717, 1.165) is 30.4 Å². The second-order valence-electron chi connectivity index (χ2n) is 6.67. The van der Waals surface area contributed by atoms with Gasteiger partial charge in [-0.25, -0.2) is 0 Å². The van der Waals surface area contributed by atoms with Gasteiger partial charge in [-0.05, 0) is 58.0 Å². The molecule has 0 bridgehead atoms. The highest BCUT2D eigenvalue weighted by Crippen LogP contribution is 2.29. The minimum absolute atomic E-state index is 0. The predicted octanol–water partition coefficient (Wildman–Crippen LogP) is 3.40. The molecule has 1 amide bonds. The standard InChI is InChI=1S/C18H27BrN2O3.ClH/c1-13(2)24-16-10-14(19)4-5-15(16)17(22)21-11-18(12-23-3)6-8-20-9-7-18;/h4-5,10,13,20H,6-9,11-12H2,1-3H3,(H,21,22);1H. The minimum Gasteiger partial charge on any atom is -0.490 e. The molecule has 0 radical (unpaired) electrons. The number of amides is 1. The van der Waals surface area contributed by atoms with Crippen LogP contribution in [-0.4, -0.2) is 45.4 Å². The maximum absolute atomic E-state index is 12.7. The van der Waals surface area contributed by atoms with Gasteiger partial charge >= 0.3 is 0 Å². The van der Waals surface area contributed by atoms with E-state index >= 15 is 0 Å². The van der Waals surface area contributed by atoms with Gasteiger partial charge in [0, 0.05) is 23.5 Å². The van der Waals surface area contributed by atoms with Gasteiger partial charge in [0.25, 0.3) is 5.91 Å². The van der Waals surface area contributed by atoms with Crippen LogP contribution < -0.4 is 15.4 Å². The number of benzene rings is 1. The van der Waals surface area contributed by atoms with Crippen LogP contribution in [0.1, 0.15) is 37.0 Å². The summed E-state index contributed by atoms with van der Waals surface area (Å²) in [5.74, 6) is 0.495. The number of nitrogens with one attached hydrogen (secondary N) is 2. The summed E-state index contributed by atoms with van der Waals surface area (Å²) in [6.45, 7) is 7.08. The van der Waals surface area contributed by atoms with Gasteiger partial charge in [0.05, 0.1) is 18.3 Å². The highest BCUT2D eigenvalue weighted by molar-refractivity contribution is 9.10. The summed E-state index contributed by atoms with van der Waals surface area (Å²) in [4.78, 5) is 12.7.